The molecule has 0 radical (unpaired) electrons. The maximum absolute atomic E-state index is 12.6. The zero-order valence-electron chi connectivity index (χ0n) is 18.7. The van der Waals surface area contributed by atoms with Crippen LogP contribution in [0.1, 0.15) is 33.1 Å². The van der Waals surface area contributed by atoms with Gasteiger partial charge in [0.05, 0.1) is 12.7 Å². The fraction of sp³-hybridized carbons (Fsp3) is 0.250. The number of aryl methyl sites for hydroxylation is 1. The Morgan fingerprint density at radius 2 is 1.71 bits per heavy atom. The Hall–Kier alpha value is -4.18. The highest BCUT2D eigenvalue weighted by Crippen LogP contribution is 2.44. The summed E-state index contributed by atoms with van der Waals surface area (Å²) in [5, 5.41) is 16.3. The number of nitrogens with zero attached hydrogens (tertiary/aromatic N) is 3. The van der Waals surface area contributed by atoms with E-state index in [1.807, 2.05) is 36.4 Å². The number of carbonyl (C=O) groups excluding carboxylic acids is 2. The van der Waals surface area contributed by atoms with E-state index in [9.17, 15) is 14.4 Å². The average molecular weight is 464 g/mol. The summed E-state index contributed by atoms with van der Waals surface area (Å²) in [4.78, 5) is 40.7. The number of hydrogen-bond donors (Lipinski definition) is 2. The molecule has 0 unspecified atom stereocenters. The number of alkyl carbamates (subject to hydrolysis) is 1. The van der Waals surface area contributed by atoms with Crippen LogP contribution in [-0.4, -0.2) is 58.2 Å². The van der Waals surface area contributed by atoms with Crippen molar-refractivity contribution in [3.8, 4) is 11.1 Å². The van der Waals surface area contributed by atoms with E-state index in [2.05, 4.69) is 22.5 Å². The number of rotatable bonds is 8. The number of aromatic nitrogens is 2. The number of carbonyl (C=O) groups is 3. The maximum atomic E-state index is 12.6. The zero-order chi connectivity index (χ0) is 24.2. The number of hydrogen-bond acceptors (Lipinski definition) is 6. The monoisotopic (exact) mass is 464 g/mol. The van der Waals surface area contributed by atoms with Gasteiger partial charge in [0, 0.05) is 25.6 Å². The predicted octanol–water partition coefficient (Wildman–Crippen LogP) is 2.55. The van der Waals surface area contributed by atoms with Crippen LogP contribution in [0.25, 0.3) is 11.1 Å². The van der Waals surface area contributed by atoms with Crippen molar-refractivity contribution in [3.05, 3.63) is 77.1 Å². The molecule has 1 aromatic heterocycles. The molecule has 34 heavy (non-hydrogen) atoms. The molecule has 2 aromatic carbocycles. The largest absolute Gasteiger partial charge is 0.479 e. The fourth-order valence-corrected chi connectivity index (χ4v) is 4.06. The molecule has 0 saturated carbocycles. The Balaban J connectivity index is 1.38. The van der Waals surface area contributed by atoms with Gasteiger partial charge in [0.15, 0.2) is 6.61 Å². The standard InChI is InChI=1S/C24H24N4O6/c1-27-22(23(31)28(2)34-14-21(29)30)15(12-26-27)11-25-24(32)33-13-20-18-9-5-3-7-16(18)17-8-4-6-10-19(17)20/h3-10,12,20H,11,13-14H2,1-2H3,(H,25,32)(H,29,30). The van der Waals surface area contributed by atoms with Gasteiger partial charge in [-0.05, 0) is 22.3 Å². The molecule has 0 aliphatic heterocycles. The molecule has 0 bridgehead atoms. The molecule has 0 atom stereocenters. The van der Waals surface area contributed by atoms with Gasteiger partial charge in [-0.15, -0.1) is 0 Å². The van der Waals surface area contributed by atoms with Crippen molar-refractivity contribution in [2.24, 2.45) is 7.05 Å². The Bertz CT molecular complexity index is 1190. The molecule has 1 aliphatic rings. The molecular weight excluding hydrogens is 440 g/mol. The summed E-state index contributed by atoms with van der Waals surface area (Å²) in [5.74, 6) is -1.86. The number of hydroxylamine groups is 2. The van der Waals surface area contributed by atoms with E-state index >= 15 is 0 Å². The summed E-state index contributed by atoms with van der Waals surface area (Å²) in [5.41, 5.74) is 5.10. The van der Waals surface area contributed by atoms with Gasteiger partial charge in [-0.25, -0.2) is 14.7 Å². The normalized spacial score (nSPS) is 12.1. The number of aliphatic carboxylic acids is 1. The van der Waals surface area contributed by atoms with Gasteiger partial charge in [-0.3, -0.25) is 14.3 Å². The van der Waals surface area contributed by atoms with Crippen LogP contribution < -0.4 is 5.32 Å². The summed E-state index contributed by atoms with van der Waals surface area (Å²) in [6.07, 6.45) is 0.821. The first-order valence-corrected chi connectivity index (χ1v) is 10.6. The average Bonchev–Trinajstić information content (AvgIpc) is 3.36. The van der Waals surface area contributed by atoms with Gasteiger partial charge in [0.25, 0.3) is 5.91 Å². The van der Waals surface area contributed by atoms with Crippen LogP contribution in [0, 0.1) is 0 Å². The summed E-state index contributed by atoms with van der Waals surface area (Å²) >= 11 is 0. The molecule has 10 heteroatoms. The minimum absolute atomic E-state index is 0.00163. The highest BCUT2D eigenvalue weighted by Gasteiger charge is 2.29. The van der Waals surface area contributed by atoms with Gasteiger partial charge in [0.2, 0.25) is 0 Å². The van der Waals surface area contributed by atoms with Gasteiger partial charge in [-0.2, -0.15) is 5.10 Å². The molecule has 0 saturated heterocycles. The van der Waals surface area contributed by atoms with Crippen LogP contribution in [-0.2, 0) is 28.0 Å². The quantitative estimate of drug-likeness (QED) is 0.491. The SMILES string of the molecule is CN(OCC(=O)O)C(=O)c1c(CNC(=O)OCC2c3ccccc3-c3ccccc32)cnn1C. The number of fused-ring (bicyclic) bond motifs is 3. The first-order chi connectivity index (χ1) is 16.4. The molecule has 0 fully saturated rings. The summed E-state index contributed by atoms with van der Waals surface area (Å²) in [7, 11) is 2.87. The molecule has 3 aromatic rings. The Kier molecular flexibility index (Phi) is 6.60. The van der Waals surface area contributed by atoms with Crippen molar-refractivity contribution in [2.75, 3.05) is 20.3 Å². The van der Waals surface area contributed by atoms with Gasteiger partial charge < -0.3 is 15.2 Å². The molecular formula is C24H24N4O6. The number of nitrogens with one attached hydrogen (secondary N) is 1. The predicted molar refractivity (Wildman–Crippen MR) is 121 cm³/mol. The lowest BCUT2D eigenvalue weighted by Crippen LogP contribution is -2.32. The van der Waals surface area contributed by atoms with Crippen molar-refractivity contribution >= 4 is 18.0 Å². The third-order valence-electron chi connectivity index (χ3n) is 5.65. The van der Waals surface area contributed by atoms with Gasteiger partial charge in [-0.1, -0.05) is 48.5 Å². The van der Waals surface area contributed by atoms with Crippen molar-refractivity contribution in [2.45, 2.75) is 12.5 Å². The highest BCUT2D eigenvalue weighted by atomic mass is 16.7. The lowest BCUT2D eigenvalue weighted by Gasteiger charge is -2.17. The van der Waals surface area contributed by atoms with Crippen LogP contribution in [0.5, 0.6) is 0 Å². The molecule has 1 heterocycles. The van der Waals surface area contributed by atoms with Crippen molar-refractivity contribution in [3.63, 3.8) is 0 Å². The van der Waals surface area contributed by atoms with Crippen molar-refractivity contribution in [1.82, 2.24) is 20.2 Å². The smallest absolute Gasteiger partial charge is 0.407 e. The molecule has 1 aliphatic carbocycles. The lowest BCUT2D eigenvalue weighted by atomic mass is 9.98. The Morgan fingerprint density at radius 1 is 1.09 bits per heavy atom. The molecule has 0 spiro atoms. The number of carboxylic acids is 1. The van der Waals surface area contributed by atoms with Crippen LogP contribution in [0.15, 0.2) is 54.7 Å². The van der Waals surface area contributed by atoms with E-state index in [0.717, 1.165) is 27.3 Å². The fourth-order valence-electron chi connectivity index (χ4n) is 4.06. The second-order valence-electron chi connectivity index (χ2n) is 7.79. The van der Waals surface area contributed by atoms with Crippen molar-refractivity contribution < 1.29 is 29.1 Å². The van der Waals surface area contributed by atoms with E-state index in [4.69, 9.17) is 14.7 Å². The van der Waals surface area contributed by atoms with E-state index in [1.165, 1.54) is 17.9 Å². The van der Waals surface area contributed by atoms with E-state index in [0.29, 0.717) is 5.56 Å². The van der Waals surface area contributed by atoms with Crippen LogP contribution in [0.4, 0.5) is 4.79 Å². The first kappa shape index (κ1) is 23.0. The Morgan fingerprint density at radius 3 is 2.32 bits per heavy atom. The van der Waals surface area contributed by atoms with Crippen LogP contribution >= 0.6 is 0 Å². The lowest BCUT2D eigenvalue weighted by molar-refractivity contribution is -0.159. The van der Waals surface area contributed by atoms with Gasteiger partial charge >= 0.3 is 12.1 Å². The third-order valence-corrected chi connectivity index (χ3v) is 5.65. The van der Waals surface area contributed by atoms with Crippen molar-refractivity contribution in [1.29, 1.82) is 0 Å². The Labute approximate surface area is 195 Å². The number of benzene rings is 2. The van der Waals surface area contributed by atoms with E-state index in [-0.39, 0.29) is 24.8 Å². The van der Waals surface area contributed by atoms with Crippen LogP contribution in [0.2, 0.25) is 0 Å². The molecule has 10 nitrogen and oxygen atoms in total. The topological polar surface area (TPSA) is 123 Å². The molecule has 176 valence electrons. The molecule has 2 N–H and O–H groups in total. The minimum atomic E-state index is -1.21. The highest BCUT2D eigenvalue weighted by molar-refractivity contribution is 5.93. The molecule has 2 amide bonds. The number of amides is 2. The van der Waals surface area contributed by atoms with Crippen LogP contribution in [0.3, 0.4) is 0 Å². The summed E-state index contributed by atoms with van der Waals surface area (Å²) in [6, 6.07) is 16.1. The minimum Gasteiger partial charge on any atom is -0.479 e. The summed E-state index contributed by atoms with van der Waals surface area (Å²) in [6.45, 7) is -0.490. The second kappa shape index (κ2) is 9.75. The van der Waals surface area contributed by atoms with Gasteiger partial charge in [0.1, 0.15) is 12.3 Å². The first-order valence-electron chi connectivity index (χ1n) is 10.6. The molecule has 4 rings (SSSR count). The third kappa shape index (κ3) is 4.62. The maximum Gasteiger partial charge on any atom is 0.407 e. The number of carboxylic acid groups (broad SMARTS) is 1. The van der Waals surface area contributed by atoms with E-state index < -0.39 is 24.6 Å². The summed E-state index contributed by atoms with van der Waals surface area (Å²) < 4.78 is 6.85. The number of ether oxygens (including phenoxy) is 1. The van der Waals surface area contributed by atoms with E-state index in [1.54, 1.807) is 7.05 Å². The second-order valence-corrected chi connectivity index (χ2v) is 7.79. The zero-order valence-corrected chi connectivity index (χ0v) is 18.7.